The average molecular weight is 262 g/mol. The van der Waals surface area contributed by atoms with Crippen molar-refractivity contribution in [3.63, 3.8) is 0 Å². The second-order valence-corrected chi connectivity index (χ2v) is 4.91. The Labute approximate surface area is 112 Å². The van der Waals surface area contributed by atoms with E-state index < -0.39 is 11.9 Å². The number of carboxylic acid groups (broad SMARTS) is 1. The Hall–Kier alpha value is -2.04. The van der Waals surface area contributed by atoms with Gasteiger partial charge in [-0.15, -0.1) is 0 Å². The van der Waals surface area contributed by atoms with Crippen LogP contribution in [0.4, 0.5) is 5.69 Å². The molecule has 0 fully saturated rings. The van der Waals surface area contributed by atoms with E-state index in [4.69, 9.17) is 5.11 Å². The molecule has 5 nitrogen and oxygen atoms in total. The number of benzene rings is 1. The van der Waals surface area contributed by atoms with Gasteiger partial charge in [-0.25, -0.2) is 0 Å². The van der Waals surface area contributed by atoms with Crippen molar-refractivity contribution in [2.45, 2.75) is 19.3 Å². The standard InChI is InChI=1S/C14H18N2O3/c1-9(14(18)19)7-16-13(17)6-10-8-15-12-5-3-2-4-11(10)12/h2-5,9-10,15H,6-8H2,1H3,(H,16,17)(H,18,19). The lowest BCUT2D eigenvalue weighted by Gasteiger charge is -2.12. The number of fused-ring (bicyclic) bond motifs is 1. The predicted molar refractivity (Wildman–Crippen MR) is 72.1 cm³/mol. The summed E-state index contributed by atoms with van der Waals surface area (Å²) in [6.07, 6.45) is 0.385. The van der Waals surface area contributed by atoms with E-state index in [2.05, 4.69) is 10.6 Å². The Balaban J connectivity index is 1.86. The summed E-state index contributed by atoms with van der Waals surface area (Å²) in [6, 6.07) is 7.94. The predicted octanol–water partition coefficient (Wildman–Crippen LogP) is 1.42. The number of para-hydroxylation sites is 1. The molecule has 0 saturated heterocycles. The number of carbonyl (C=O) groups is 2. The number of hydrogen-bond donors (Lipinski definition) is 3. The van der Waals surface area contributed by atoms with Crippen LogP contribution in [0.2, 0.25) is 0 Å². The highest BCUT2D eigenvalue weighted by atomic mass is 16.4. The van der Waals surface area contributed by atoms with Gasteiger partial charge in [-0.2, -0.15) is 0 Å². The van der Waals surface area contributed by atoms with Crippen LogP contribution in [-0.4, -0.2) is 30.1 Å². The first-order chi connectivity index (χ1) is 9.08. The van der Waals surface area contributed by atoms with Crippen molar-refractivity contribution in [2.24, 2.45) is 5.92 Å². The molecule has 0 aromatic heterocycles. The zero-order chi connectivity index (χ0) is 13.8. The molecular weight excluding hydrogens is 244 g/mol. The zero-order valence-electron chi connectivity index (χ0n) is 10.8. The minimum Gasteiger partial charge on any atom is -0.481 e. The van der Waals surface area contributed by atoms with Gasteiger partial charge >= 0.3 is 5.97 Å². The van der Waals surface area contributed by atoms with Crippen LogP contribution in [0, 0.1) is 5.92 Å². The van der Waals surface area contributed by atoms with Gasteiger partial charge in [-0.1, -0.05) is 25.1 Å². The van der Waals surface area contributed by atoms with Gasteiger partial charge in [0.15, 0.2) is 0 Å². The molecule has 1 aliphatic heterocycles. The van der Waals surface area contributed by atoms with Crippen LogP contribution in [-0.2, 0) is 9.59 Å². The molecule has 0 radical (unpaired) electrons. The molecule has 3 N–H and O–H groups in total. The summed E-state index contributed by atoms with van der Waals surface area (Å²) in [6.45, 7) is 2.51. The largest absolute Gasteiger partial charge is 0.481 e. The van der Waals surface area contributed by atoms with Crippen LogP contribution in [0.15, 0.2) is 24.3 Å². The Morgan fingerprint density at radius 2 is 2.21 bits per heavy atom. The fourth-order valence-electron chi connectivity index (χ4n) is 2.19. The van der Waals surface area contributed by atoms with Crippen LogP contribution in [0.3, 0.4) is 0 Å². The second-order valence-electron chi connectivity index (χ2n) is 4.91. The van der Waals surface area contributed by atoms with Crippen molar-refractivity contribution in [1.29, 1.82) is 0 Å². The molecule has 0 spiro atoms. The SMILES string of the molecule is CC(CNC(=O)CC1CNc2ccccc21)C(=O)O. The van der Waals surface area contributed by atoms with E-state index in [0.717, 1.165) is 17.8 Å². The minimum absolute atomic E-state index is 0.100. The Morgan fingerprint density at radius 3 is 2.95 bits per heavy atom. The number of anilines is 1. The zero-order valence-corrected chi connectivity index (χ0v) is 10.8. The third kappa shape index (κ3) is 3.24. The quantitative estimate of drug-likeness (QED) is 0.750. The van der Waals surface area contributed by atoms with Crippen molar-refractivity contribution in [3.8, 4) is 0 Å². The first-order valence-corrected chi connectivity index (χ1v) is 6.40. The monoisotopic (exact) mass is 262 g/mol. The second kappa shape index (κ2) is 5.73. The highest BCUT2D eigenvalue weighted by Crippen LogP contribution is 2.32. The van der Waals surface area contributed by atoms with Gasteiger partial charge in [0.1, 0.15) is 0 Å². The van der Waals surface area contributed by atoms with E-state index in [1.807, 2.05) is 24.3 Å². The van der Waals surface area contributed by atoms with E-state index in [0.29, 0.717) is 6.42 Å². The van der Waals surface area contributed by atoms with Crippen molar-refractivity contribution < 1.29 is 14.7 Å². The molecule has 1 heterocycles. The van der Waals surface area contributed by atoms with Crippen LogP contribution in [0.5, 0.6) is 0 Å². The molecule has 0 bridgehead atoms. The molecule has 102 valence electrons. The average Bonchev–Trinajstić information content (AvgIpc) is 2.79. The third-order valence-electron chi connectivity index (χ3n) is 3.40. The first-order valence-electron chi connectivity index (χ1n) is 6.40. The number of amides is 1. The summed E-state index contributed by atoms with van der Waals surface area (Å²) in [5.41, 5.74) is 2.24. The van der Waals surface area contributed by atoms with Crippen LogP contribution < -0.4 is 10.6 Å². The van der Waals surface area contributed by atoms with Gasteiger partial charge in [0, 0.05) is 31.1 Å². The molecule has 2 atom stereocenters. The van der Waals surface area contributed by atoms with Gasteiger partial charge in [0.2, 0.25) is 5.91 Å². The van der Waals surface area contributed by atoms with Gasteiger partial charge in [-0.3, -0.25) is 9.59 Å². The van der Waals surface area contributed by atoms with E-state index in [1.54, 1.807) is 6.92 Å². The summed E-state index contributed by atoms with van der Waals surface area (Å²) in [5.74, 6) is -1.39. The van der Waals surface area contributed by atoms with Gasteiger partial charge < -0.3 is 15.7 Å². The van der Waals surface area contributed by atoms with Crippen LogP contribution in [0.25, 0.3) is 0 Å². The maximum absolute atomic E-state index is 11.8. The topological polar surface area (TPSA) is 78.4 Å². The maximum Gasteiger partial charge on any atom is 0.308 e. The summed E-state index contributed by atoms with van der Waals surface area (Å²) in [5, 5.41) is 14.7. The summed E-state index contributed by atoms with van der Waals surface area (Å²) < 4.78 is 0. The fourth-order valence-corrected chi connectivity index (χ4v) is 2.19. The van der Waals surface area contributed by atoms with Gasteiger partial charge in [0.25, 0.3) is 0 Å². The molecule has 1 aromatic carbocycles. The van der Waals surface area contributed by atoms with Crippen molar-refractivity contribution in [2.75, 3.05) is 18.4 Å². The molecule has 1 aromatic rings. The maximum atomic E-state index is 11.8. The molecule has 0 aliphatic carbocycles. The lowest BCUT2D eigenvalue weighted by atomic mass is 9.97. The molecular formula is C14H18N2O3. The Morgan fingerprint density at radius 1 is 1.47 bits per heavy atom. The van der Waals surface area contributed by atoms with Crippen molar-refractivity contribution in [1.82, 2.24) is 5.32 Å². The van der Waals surface area contributed by atoms with Crippen LogP contribution in [0.1, 0.15) is 24.8 Å². The normalized spacial score (nSPS) is 18.3. The molecule has 19 heavy (non-hydrogen) atoms. The van der Waals surface area contributed by atoms with Gasteiger partial charge in [0.05, 0.1) is 5.92 Å². The number of rotatable bonds is 5. The number of nitrogens with one attached hydrogen (secondary N) is 2. The molecule has 0 saturated carbocycles. The highest BCUT2D eigenvalue weighted by molar-refractivity contribution is 5.79. The molecule has 5 heteroatoms. The Bertz CT molecular complexity index is 487. The first kappa shape index (κ1) is 13.4. The number of aliphatic carboxylic acids is 1. The Kier molecular flexibility index (Phi) is 4.04. The lowest BCUT2D eigenvalue weighted by molar-refractivity contribution is -0.141. The number of carbonyl (C=O) groups excluding carboxylic acids is 1. The summed E-state index contributed by atoms with van der Waals surface area (Å²) >= 11 is 0. The molecule has 2 unspecified atom stereocenters. The van der Waals surface area contributed by atoms with E-state index >= 15 is 0 Å². The highest BCUT2D eigenvalue weighted by Gasteiger charge is 2.24. The lowest BCUT2D eigenvalue weighted by Crippen LogP contribution is -2.32. The minimum atomic E-state index is -0.895. The van der Waals surface area contributed by atoms with Crippen LogP contribution >= 0.6 is 0 Å². The van der Waals surface area contributed by atoms with Crippen molar-refractivity contribution >= 4 is 17.6 Å². The molecule has 1 amide bonds. The number of carboxylic acids is 1. The molecule has 2 rings (SSSR count). The van der Waals surface area contributed by atoms with E-state index in [9.17, 15) is 9.59 Å². The number of hydrogen-bond acceptors (Lipinski definition) is 3. The van der Waals surface area contributed by atoms with E-state index in [1.165, 1.54) is 0 Å². The summed E-state index contributed by atoms with van der Waals surface area (Å²) in [7, 11) is 0. The third-order valence-corrected chi connectivity index (χ3v) is 3.40. The fraction of sp³-hybridized carbons (Fsp3) is 0.429. The summed E-state index contributed by atoms with van der Waals surface area (Å²) in [4.78, 5) is 22.5. The van der Waals surface area contributed by atoms with Gasteiger partial charge in [-0.05, 0) is 11.6 Å². The van der Waals surface area contributed by atoms with Crippen molar-refractivity contribution in [3.05, 3.63) is 29.8 Å². The van der Waals surface area contributed by atoms with E-state index in [-0.39, 0.29) is 18.4 Å². The molecule has 1 aliphatic rings. The smallest absolute Gasteiger partial charge is 0.308 e.